The van der Waals surface area contributed by atoms with E-state index in [4.69, 9.17) is 11.6 Å². The maximum Gasteiger partial charge on any atom is 0.210 e. The third kappa shape index (κ3) is 3.38. The van der Waals surface area contributed by atoms with Crippen LogP contribution in [0.25, 0.3) is 32.5 Å². The van der Waals surface area contributed by atoms with Gasteiger partial charge in [0.1, 0.15) is 5.52 Å². The summed E-state index contributed by atoms with van der Waals surface area (Å²) in [5, 5.41) is 21.6. The normalized spacial score (nSPS) is 11.7. The minimum absolute atomic E-state index is 0.585. The fraction of sp³-hybridized carbons (Fsp3) is 0.211. The highest BCUT2D eigenvalue weighted by Gasteiger charge is 2.15. The summed E-state index contributed by atoms with van der Waals surface area (Å²) in [5.74, 6) is 0. The molecule has 9 nitrogen and oxygen atoms in total. The van der Waals surface area contributed by atoms with Crippen LogP contribution < -0.4 is 5.32 Å². The van der Waals surface area contributed by atoms with Gasteiger partial charge in [0, 0.05) is 24.7 Å². The van der Waals surface area contributed by atoms with Gasteiger partial charge in [-0.15, -0.1) is 10.2 Å². The number of nitrogens with one attached hydrogen (secondary N) is 2. The van der Waals surface area contributed by atoms with Crippen molar-refractivity contribution < 1.29 is 0 Å². The molecule has 0 spiro atoms. The van der Waals surface area contributed by atoms with Gasteiger partial charge in [-0.05, 0) is 26.2 Å². The summed E-state index contributed by atoms with van der Waals surface area (Å²) < 4.78 is 2.10. The first-order valence-corrected chi connectivity index (χ1v) is 10.5. The lowest BCUT2D eigenvalue weighted by Crippen LogP contribution is -2.17. The van der Waals surface area contributed by atoms with Crippen LogP contribution in [0.1, 0.15) is 0 Å². The average Bonchev–Trinajstić information content (AvgIpc) is 3.48. The van der Waals surface area contributed by atoms with Gasteiger partial charge in [0.15, 0.2) is 5.01 Å². The first kappa shape index (κ1) is 18.9. The summed E-state index contributed by atoms with van der Waals surface area (Å²) in [6.07, 6.45) is 7.16. The summed E-state index contributed by atoms with van der Waals surface area (Å²) in [6, 6.07) is 3.81. The molecule has 4 aromatic heterocycles. The van der Waals surface area contributed by atoms with Gasteiger partial charge < -0.3 is 14.8 Å². The number of H-pyrrole nitrogens is 1. The molecule has 0 aliphatic rings. The molecular weight excluding hydrogens is 422 g/mol. The van der Waals surface area contributed by atoms with E-state index in [1.54, 1.807) is 12.4 Å². The number of halogens is 1. The quantitative estimate of drug-likeness (QED) is 0.415. The molecule has 0 aliphatic carbocycles. The molecule has 0 unspecified atom stereocenters. The molecule has 5 rings (SSSR count). The molecule has 4 heterocycles. The Morgan fingerprint density at radius 3 is 2.97 bits per heavy atom. The Bertz CT molecular complexity index is 1340. The molecule has 1 aromatic carbocycles. The van der Waals surface area contributed by atoms with E-state index in [1.807, 2.05) is 24.7 Å². The predicted octanol–water partition coefficient (Wildman–Crippen LogP) is 3.78. The molecule has 0 saturated heterocycles. The van der Waals surface area contributed by atoms with E-state index in [-0.39, 0.29) is 0 Å². The van der Waals surface area contributed by atoms with Gasteiger partial charge in [0.2, 0.25) is 5.13 Å². The number of rotatable bonds is 6. The molecular formula is C19H18ClN9S. The zero-order valence-corrected chi connectivity index (χ0v) is 17.9. The largest absolute Gasteiger partial charge is 0.329 e. The second kappa shape index (κ2) is 7.63. The monoisotopic (exact) mass is 439 g/mol. The Balaban J connectivity index is 1.45. The van der Waals surface area contributed by atoms with Crippen LogP contribution in [0.3, 0.4) is 0 Å². The van der Waals surface area contributed by atoms with Crippen molar-refractivity contribution in [1.29, 1.82) is 0 Å². The molecule has 0 radical (unpaired) electrons. The van der Waals surface area contributed by atoms with Crippen LogP contribution in [0.4, 0.5) is 10.8 Å². The van der Waals surface area contributed by atoms with Gasteiger partial charge >= 0.3 is 0 Å². The van der Waals surface area contributed by atoms with Crippen LogP contribution in [0.2, 0.25) is 5.02 Å². The second-order valence-electron chi connectivity index (χ2n) is 7.09. The van der Waals surface area contributed by atoms with E-state index < -0.39 is 0 Å². The second-order valence-corrected chi connectivity index (χ2v) is 8.45. The third-order valence-corrected chi connectivity index (χ3v) is 6.06. The number of anilines is 2. The van der Waals surface area contributed by atoms with Crippen LogP contribution in [-0.2, 0) is 6.54 Å². The predicted molar refractivity (Wildman–Crippen MR) is 119 cm³/mol. The SMILES string of the molecule is CN(C)CCn1cnc2c(-c3nnc(Nc4ccc5[nH]ncc5c4Cl)s3)cncc21. The van der Waals surface area contributed by atoms with Crippen molar-refractivity contribution in [3.63, 3.8) is 0 Å². The summed E-state index contributed by atoms with van der Waals surface area (Å²) in [4.78, 5) is 11.1. The van der Waals surface area contributed by atoms with Gasteiger partial charge in [-0.2, -0.15) is 5.10 Å². The fourth-order valence-electron chi connectivity index (χ4n) is 3.20. The summed E-state index contributed by atoms with van der Waals surface area (Å²) in [5.41, 5.74) is 4.33. The summed E-state index contributed by atoms with van der Waals surface area (Å²) >= 11 is 7.92. The molecule has 0 fully saturated rings. The van der Waals surface area contributed by atoms with Gasteiger partial charge in [0.05, 0.1) is 46.0 Å². The molecule has 0 bridgehead atoms. The number of fused-ring (bicyclic) bond motifs is 2. The Hall–Kier alpha value is -3.08. The lowest BCUT2D eigenvalue weighted by molar-refractivity contribution is 0.386. The number of hydrogen-bond donors (Lipinski definition) is 2. The first-order valence-electron chi connectivity index (χ1n) is 9.26. The highest BCUT2D eigenvalue weighted by molar-refractivity contribution is 7.18. The number of imidazole rings is 1. The summed E-state index contributed by atoms with van der Waals surface area (Å²) in [7, 11) is 4.10. The number of pyridine rings is 1. The number of aromatic amines is 1. The number of likely N-dealkylation sites (N-methyl/N-ethyl adjacent to an activating group) is 1. The molecule has 0 amide bonds. The highest BCUT2D eigenvalue weighted by atomic mass is 35.5. The van der Waals surface area contributed by atoms with Crippen LogP contribution in [0, 0.1) is 0 Å². The molecule has 0 atom stereocenters. The standard InChI is InChI=1S/C19H18ClN9S/c1-28(2)5-6-29-10-22-17-12(7-21-9-15(17)29)18-26-27-19(30-18)24-14-4-3-13-11(16(14)20)8-23-25-13/h3-4,7-10H,5-6H2,1-2H3,(H,23,25)(H,24,27). The van der Waals surface area contributed by atoms with E-state index in [1.165, 1.54) is 11.3 Å². The molecule has 0 aliphatic heterocycles. The molecule has 5 aromatic rings. The highest BCUT2D eigenvalue weighted by Crippen LogP contribution is 2.35. The van der Waals surface area contributed by atoms with Gasteiger partial charge in [-0.3, -0.25) is 10.1 Å². The molecule has 11 heteroatoms. The molecule has 152 valence electrons. The van der Waals surface area contributed by atoms with Crippen molar-refractivity contribution in [2.45, 2.75) is 6.54 Å². The molecule has 0 saturated carbocycles. The van der Waals surface area contributed by atoms with Crippen LogP contribution in [0.5, 0.6) is 0 Å². The zero-order valence-electron chi connectivity index (χ0n) is 16.3. The van der Waals surface area contributed by atoms with E-state index in [0.29, 0.717) is 10.2 Å². The van der Waals surface area contributed by atoms with Crippen molar-refractivity contribution in [2.24, 2.45) is 0 Å². The average molecular weight is 440 g/mol. The Labute approximate surface area is 180 Å². The van der Waals surface area contributed by atoms with E-state index in [9.17, 15) is 0 Å². The number of nitrogens with zero attached hydrogens (tertiary/aromatic N) is 7. The van der Waals surface area contributed by atoms with Crippen LogP contribution in [-0.4, -0.2) is 60.5 Å². The van der Waals surface area contributed by atoms with Crippen molar-refractivity contribution in [2.75, 3.05) is 26.0 Å². The van der Waals surface area contributed by atoms with Gasteiger partial charge in [-0.25, -0.2) is 4.98 Å². The fourth-order valence-corrected chi connectivity index (χ4v) is 4.23. The third-order valence-electron chi connectivity index (χ3n) is 4.78. The number of hydrogen-bond acceptors (Lipinski definition) is 8. The summed E-state index contributed by atoms with van der Waals surface area (Å²) in [6.45, 7) is 1.76. The topological polar surface area (TPSA) is 100 Å². The van der Waals surface area contributed by atoms with E-state index in [2.05, 4.69) is 59.2 Å². The van der Waals surface area contributed by atoms with E-state index in [0.717, 1.165) is 51.3 Å². The Morgan fingerprint density at radius 1 is 1.20 bits per heavy atom. The lowest BCUT2D eigenvalue weighted by Gasteiger charge is -2.10. The lowest BCUT2D eigenvalue weighted by atomic mass is 10.2. The van der Waals surface area contributed by atoms with Crippen LogP contribution >= 0.6 is 22.9 Å². The maximum absolute atomic E-state index is 6.50. The van der Waals surface area contributed by atoms with Crippen molar-refractivity contribution >= 4 is 55.7 Å². The van der Waals surface area contributed by atoms with Crippen molar-refractivity contribution in [3.8, 4) is 10.6 Å². The zero-order chi connectivity index (χ0) is 20.7. The minimum Gasteiger partial charge on any atom is -0.329 e. The number of aromatic nitrogens is 7. The van der Waals surface area contributed by atoms with Crippen LogP contribution in [0.15, 0.2) is 37.1 Å². The molecule has 30 heavy (non-hydrogen) atoms. The smallest absolute Gasteiger partial charge is 0.210 e. The van der Waals surface area contributed by atoms with Gasteiger partial charge in [-0.1, -0.05) is 22.9 Å². The van der Waals surface area contributed by atoms with Crippen molar-refractivity contribution in [1.82, 2.24) is 39.8 Å². The maximum atomic E-state index is 6.50. The Kier molecular flexibility index (Phi) is 4.81. The number of benzene rings is 1. The molecule has 2 N–H and O–H groups in total. The Morgan fingerprint density at radius 2 is 2.10 bits per heavy atom. The minimum atomic E-state index is 0.585. The van der Waals surface area contributed by atoms with E-state index >= 15 is 0 Å². The van der Waals surface area contributed by atoms with Crippen molar-refractivity contribution in [3.05, 3.63) is 42.1 Å². The first-order chi connectivity index (χ1) is 14.6. The van der Waals surface area contributed by atoms with Gasteiger partial charge in [0.25, 0.3) is 0 Å².